The normalized spacial score (nSPS) is 10.3. The second-order valence-electron chi connectivity index (χ2n) is 4.47. The minimum atomic E-state index is -0.158. The Bertz CT molecular complexity index is 535. The maximum Gasteiger partial charge on any atom is 0.273 e. The molecule has 2 rings (SSSR count). The van der Waals surface area contributed by atoms with E-state index in [4.69, 9.17) is 0 Å². The molecule has 0 saturated heterocycles. The molecule has 2 aromatic heterocycles. The predicted molar refractivity (Wildman–Crippen MR) is 73.2 cm³/mol. The number of hydrogen-bond donors (Lipinski definition) is 2. The van der Waals surface area contributed by atoms with Crippen molar-refractivity contribution in [2.24, 2.45) is 0 Å². The highest BCUT2D eigenvalue weighted by molar-refractivity contribution is 5.91. The van der Waals surface area contributed by atoms with Gasteiger partial charge in [0.2, 0.25) is 0 Å². The molecule has 0 fully saturated rings. The molecule has 8 heteroatoms. The van der Waals surface area contributed by atoms with E-state index in [0.717, 1.165) is 25.2 Å². The van der Waals surface area contributed by atoms with Gasteiger partial charge in [0.25, 0.3) is 5.91 Å². The Balaban J connectivity index is 1.77. The van der Waals surface area contributed by atoms with E-state index in [1.165, 1.54) is 11.2 Å². The van der Waals surface area contributed by atoms with Crippen molar-refractivity contribution in [1.29, 1.82) is 0 Å². The van der Waals surface area contributed by atoms with E-state index in [-0.39, 0.29) is 5.91 Å². The van der Waals surface area contributed by atoms with Crippen LogP contribution in [0.3, 0.4) is 0 Å². The molecule has 2 N–H and O–H groups in total. The molecular weight excluding hydrogens is 258 g/mol. The molecule has 0 atom stereocenters. The van der Waals surface area contributed by atoms with Gasteiger partial charge in [0.15, 0.2) is 5.69 Å². The number of carbonyl (C=O) groups is 1. The lowest BCUT2D eigenvalue weighted by molar-refractivity contribution is 0.0821. The van der Waals surface area contributed by atoms with Crippen LogP contribution in [-0.2, 0) is 6.42 Å². The molecule has 1 amide bonds. The van der Waals surface area contributed by atoms with E-state index in [1.54, 1.807) is 26.2 Å². The minimum Gasteiger partial charge on any atom is -0.369 e. The highest BCUT2D eigenvalue weighted by Gasteiger charge is 2.09. The zero-order chi connectivity index (χ0) is 14.4. The quantitative estimate of drug-likeness (QED) is 0.737. The molecule has 0 bridgehead atoms. The summed E-state index contributed by atoms with van der Waals surface area (Å²) >= 11 is 0. The molecule has 2 heterocycles. The minimum absolute atomic E-state index is 0.158. The van der Waals surface area contributed by atoms with Gasteiger partial charge in [-0.1, -0.05) is 0 Å². The smallest absolute Gasteiger partial charge is 0.273 e. The molecule has 0 aromatic carbocycles. The number of nitrogens with zero attached hydrogens (tertiary/aromatic N) is 5. The third kappa shape index (κ3) is 3.74. The summed E-state index contributed by atoms with van der Waals surface area (Å²) in [4.78, 5) is 17.1. The van der Waals surface area contributed by atoms with Gasteiger partial charge in [-0.3, -0.25) is 9.89 Å². The first-order valence-corrected chi connectivity index (χ1v) is 6.30. The summed E-state index contributed by atoms with van der Waals surface area (Å²) < 4.78 is 0. The summed E-state index contributed by atoms with van der Waals surface area (Å²) in [5, 5.41) is 17.6. The van der Waals surface area contributed by atoms with E-state index in [2.05, 4.69) is 30.7 Å². The zero-order valence-electron chi connectivity index (χ0n) is 11.5. The Kier molecular flexibility index (Phi) is 4.59. The number of nitrogens with one attached hydrogen (secondary N) is 2. The maximum atomic E-state index is 11.6. The second-order valence-corrected chi connectivity index (χ2v) is 4.47. The number of aromatic amines is 1. The van der Waals surface area contributed by atoms with Gasteiger partial charge in [0.05, 0.1) is 0 Å². The number of hydrogen-bond acceptors (Lipinski definition) is 6. The average Bonchev–Trinajstić information content (AvgIpc) is 2.96. The first kappa shape index (κ1) is 13.9. The number of amides is 1. The van der Waals surface area contributed by atoms with Gasteiger partial charge >= 0.3 is 0 Å². The largest absolute Gasteiger partial charge is 0.369 e. The van der Waals surface area contributed by atoms with Crippen LogP contribution in [0.1, 0.15) is 22.7 Å². The van der Waals surface area contributed by atoms with Crippen LogP contribution in [0.4, 0.5) is 5.82 Å². The van der Waals surface area contributed by atoms with Gasteiger partial charge < -0.3 is 10.2 Å². The predicted octanol–water partition coefficient (Wildman–Crippen LogP) is 0.341. The van der Waals surface area contributed by atoms with Crippen LogP contribution in [0, 0.1) is 0 Å². The van der Waals surface area contributed by atoms with Gasteiger partial charge in [0, 0.05) is 27.1 Å². The fourth-order valence-corrected chi connectivity index (χ4v) is 1.59. The molecular formula is C12H17N7O. The number of aromatic nitrogens is 5. The number of H-pyrrole nitrogens is 1. The van der Waals surface area contributed by atoms with Crippen molar-refractivity contribution in [2.45, 2.75) is 12.8 Å². The molecule has 0 aliphatic rings. The van der Waals surface area contributed by atoms with Crippen LogP contribution >= 0.6 is 0 Å². The van der Waals surface area contributed by atoms with Gasteiger partial charge in [-0.2, -0.15) is 5.10 Å². The third-order valence-corrected chi connectivity index (χ3v) is 2.65. The molecule has 2 aromatic rings. The average molecular weight is 275 g/mol. The van der Waals surface area contributed by atoms with Crippen molar-refractivity contribution in [3.8, 4) is 0 Å². The number of rotatable bonds is 6. The molecule has 106 valence electrons. The topological polar surface area (TPSA) is 99.7 Å². The monoisotopic (exact) mass is 275 g/mol. The van der Waals surface area contributed by atoms with Crippen molar-refractivity contribution < 1.29 is 4.79 Å². The summed E-state index contributed by atoms with van der Waals surface area (Å²) in [6, 6.07) is 3.41. The van der Waals surface area contributed by atoms with E-state index in [0.29, 0.717) is 11.5 Å². The van der Waals surface area contributed by atoms with E-state index < -0.39 is 0 Å². The molecule has 0 aliphatic carbocycles. The first-order valence-electron chi connectivity index (χ1n) is 6.30. The lowest BCUT2D eigenvalue weighted by Gasteiger charge is -2.09. The molecule has 0 unspecified atom stereocenters. The maximum absolute atomic E-state index is 11.6. The Morgan fingerprint density at radius 3 is 2.80 bits per heavy atom. The molecule has 0 aliphatic heterocycles. The Labute approximate surface area is 116 Å². The van der Waals surface area contributed by atoms with Crippen molar-refractivity contribution in [2.75, 3.05) is 26.0 Å². The first-order chi connectivity index (χ1) is 9.66. The highest BCUT2D eigenvalue weighted by Crippen LogP contribution is 2.04. The Morgan fingerprint density at radius 2 is 2.20 bits per heavy atom. The Hall–Kier alpha value is -2.51. The second kappa shape index (κ2) is 6.60. The van der Waals surface area contributed by atoms with Crippen LogP contribution in [-0.4, -0.2) is 56.8 Å². The van der Waals surface area contributed by atoms with E-state index in [9.17, 15) is 4.79 Å². The Morgan fingerprint density at radius 1 is 1.35 bits per heavy atom. The summed E-state index contributed by atoms with van der Waals surface area (Å²) in [5.74, 6) is 1.36. The summed E-state index contributed by atoms with van der Waals surface area (Å²) in [5.41, 5.74) is 0.335. The number of carbonyl (C=O) groups excluding carboxylic acids is 1. The van der Waals surface area contributed by atoms with Crippen LogP contribution < -0.4 is 5.32 Å². The van der Waals surface area contributed by atoms with Crippen LogP contribution in [0.2, 0.25) is 0 Å². The van der Waals surface area contributed by atoms with Crippen molar-refractivity contribution >= 4 is 11.7 Å². The van der Waals surface area contributed by atoms with Crippen LogP contribution in [0.15, 0.2) is 18.5 Å². The lowest BCUT2D eigenvalue weighted by atomic mass is 10.3. The molecule has 0 saturated carbocycles. The number of aryl methyl sites for hydroxylation is 1. The van der Waals surface area contributed by atoms with Crippen molar-refractivity contribution in [1.82, 2.24) is 30.3 Å². The fraction of sp³-hybridized carbons (Fsp3) is 0.417. The van der Waals surface area contributed by atoms with Crippen LogP contribution in [0.25, 0.3) is 0 Å². The standard InChI is InChI=1S/C12H17N7O/c1-19(2)12(20)9-5-6-11(18-16-9)13-7-3-4-10-14-8-15-17-10/h5-6,8H,3-4,7H2,1-2H3,(H,13,18)(H,14,15,17). The summed E-state index contributed by atoms with van der Waals surface area (Å²) in [6.45, 7) is 0.746. The van der Waals surface area contributed by atoms with Gasteiger partial charge in [-0.15, -0.1) is 10.2 Å². The van der Waals surface area contributed by atoms with Gasteiger partial charge in [-0.05, 0) is 18.6 Å². The van der Waals surface area contributed by atoms with Crippen LogP contribution in [0.5, 0.6) is 0 Å². The third-order valence-electron chi connectivity index (χ3n) is 2.65. The number of anilines is 1. The molecule has 0 spiro atoms. The van der Waals surface area contributed by atoms with Gasteiger partial charge in [0.1, 0.15) is 18.0 Å². The zero-order valence-corrected chi connectivity index (χ0v) is 11.5. The van der Waals surface area contributed by atoms with E-state index >= 15 is 0 Å². The summed E-state index contributed by atoms with van der Waals surface area (Å²) in [6.07, 6.45) is 3.21. The summed E-state index contributed by atoms with van der Waals surface area (Å²) in [7, 11) is 3.36. The molecule has 8 nitrogen and oxygen atoms in total. The van der Waals surface area contributed by atoms with Gasteiger partial charge in [-0.25, -0.2) is 4.98 Å². The lowest BCUT2D eigenvalue weighted by Crippen LogP contribution is -2.23. The van der Waals surface area contributed by atoms with E-state index in [1.807, 2.05) is 0 Å². The fourth-order valence-electron chi connectivity index (χ4n) is 1.59. The highest BCUT2D eigenvalue weighted by atomic mass is 16.2. The SMILES string of the molecule is CN(C)C(=O)c1ccc(NCCCc2ncn[nH]2)nn1. The van der Waals surface area contributed by atoms with Crippen molar-refractivity contribution in [3.05, 3.63) is 30.0 Å². The molecule has 20 heavy (non-hydrogen) atoms. The molecule has 0 radical (unpaired) electrons. The van der Waals surface area contributed by atoms with Crippen molar-refractivity contribution in [3.63, 3.8) is 0 Å².